The number of pyridine rings is 1. The Labute approximate surface area is 130 Å². The van der Waals surface area contributed by atoms with Crippen LogP contribution in [0.3, 0.4) is 0 Å². The summed E-state index contributed by atoms with van der Waals surface area (Å²) < 4.78 is 0. The Morgan fingerprint density at radius 3 is 2.52 bits per heavy atom. The van der Waals surface area contributed by atoms with Gasteiger partial charge in [0.25, 0.3) is 0 Å². The molecule has 0 radical (unpaired) electrons. The van der Waals surface area contributed by atoms with Crippen molar-refractivity contribution in [1.29, 1.82) is 0 Å². The second-order valence-corrected chi connectivity index (χ2v) is 5.49. The molecule has 21 heavy (non-hydrogen) atoms. The molecule has 0 fully saturated rings. The van der Waals surface area contributed by atoms with Crippen molar-refractivity contribution in [3.05, 3.63) is 35.7 Å². The quantitative estimate of drug-likeness (QED) is 0.604. The molecule has 112 valence electrons. The van der Waals surface area contributed by atoms with Crippen LogP contribution >= 0.6 is 11.8 Å². The van der Waals surface area contributed by atoms with Crippen LogP contribution in [0, 0.1) is 6.92 Å². The lowest BCUT2D eigenvalue weighted by atomic mass is 10.2. The molecule has 0 aliphatic rings. The molecule has 0 saturated carbocycles. The molecule has 0 aromatic carbocycles. The number of anilines is 2. The number of aryl methyl sites for hydroxylation is 1. The van der Waals surface area contributed by atoms with Gasteiger partial charge in [0, 0.05) is 31.0 Å². The molecule has 0 atom stereocenters. The summed E-state index contributed by atoms with van der Waals surface area (Å²) in [6, 6.07) is 6.03. The highest BCUT2D eigenvalue weighted by Crippen LogP contribution is 2.18. The zero-order chi connectivity index (χ0) is 15.1. The molecule has 2 heterocycles. The van der Waals surface area contributed by atoms with Crippen LogP contribution < -0.4 is 10.6 Å². The van der Waals surface area contributed by atoms with Crippen LogP contribution in [0.15, 0.2) is 29.6 Å². The van der Waals surface area contributed by atoms with Crippen LogP contribution in [0.25, 0.3) is 0 Å². The minimum Gasteiger partial charge on any atom is -0.370 e. The van der Waals surface area contributed by atoms with Crippen molar-refractivity contribution in [1.82, 2.24) is 15.0 Å². The zero-order valence-corrected chi connectivity index (χ0v) is 13.5. The van der Waals surface area contributed by atoms with Gasteiger partial charge in [-0.1, -0.05) is 24.8 Å². The van der Waals surface area contributed by atoms with E-state index in [-0.39, 0.29) is 0 Å². The summed E-state index contributed by atoms with van der Waals surface area (Å²) in [5.41, 5.74) is 2.16. The Morgan fingerprint density at radius 1 is 1.14 bits per heavy atom. The van der Waals surface area contributed by atoms with E-state index in [4.69, 9.17) is 0 Å². The molecule has 0 bridgehead atoms. The Kier molecular flexibility index (Phi) is 5.80. The van der Waals surface area contributed by atoms with Gasteiger partial charge in [-0.3, -0.25) is 4.98 Å². The van der Waals surface area contributed by atoms with Crippen molar-refractivity contribution in [3.63, 3.8) is 0 Å². The third-order valence-corrected chi connectivity index (χ3v) is 3.44. The summed E-state index contributed by atoms with van der Waals surface area (Å²) in [6.45, 7) is 5.72. The monoisotopic (exact) mass is 303 g/mol. The lowest BCUT2D eigenvalue weighted by molar-refractivity contribution is 0.921. The maximum Gasteiger partial charge on any atom is 0.191 e. The van der Waals surface area contributed by atoms with E-state index in [0.29, 0.717) is 6.54 Å². The van der Waals surface area contributed by atoms with Gasteiger partial charge in [-0.15, -0.1) is 0 Å². The Bertz CT molecular complexity index is 571. The van der Waals surface area contributed by atoms with Gasteiger partial charge in [-0.05, 0) is 31.2 Å². The summed E-state index contributed by atoms with van der Waals surface area (Å²) in [7, 11) is 0. The Hall–Kier alpha value is -1.82. The standard InChI is InChI=1S/C15H21N5S/c1-4-7-16-13-8-14(20-15(19-13)21-3)18-10-12-6-5-11(2)17-9-12/h5-6,8-9H,4,7,10H2,1-3H3,(H2,16,18,19,20). The first-order chi connectivity index (χ1) is 10.2. The average molecular weight is 303 g/mol. The molecular weight excluding hydrogens is 282 g/mol. The van der Waals surface area contributed by atoms with Crippen molar-refractivity contribution in [2.75, 3.05) is 23.4 Å². The summed E-state index contributed by atoms with van der Waals surface area (Å²) in [5.74, 6) is 1.69. The third-order valence-electron chi connectivity index (χ3n) is 2.89. The zero-order valence-electron chi connectivity index (χ0n) is 12.7. The Balaban J connectivity index is 2.05. The van der Waals surface area contributed by atoms with Gasteiger partial charge in [0.1, 0.15) is 11.6 Å². The third kappa shape index (κ3) is 4.90. The fourth-order valence-electron chi connectivity index (χ4n) is 1.75. The lowest BCUT2D eigenvalue weighted by Crippen LogP contribution is -2.07. The normalized spacial score (nSPS) is 10.4. The lowest BCUT2D eigenvalue weighted by Gasteiger charge is -2.10. The van der Waals surface area contributed by atoms with Crippen molar-refractivity contribution in [2.45, 2.75) is 32.0 Å². The molecule has 6 heteroatoms. The SMILES string of the molecule is CCCNc1cc(NCc2ccc(C)nc2)nc(SC)n1. The van der Waals surface area contributed by atoms with Crippen molar-refractivity contribution < 1.29 is 0 Å². The highest BCUT2D eigenvalue weighted by Gasteiger charge is 2.04. The van der Waals surface area contributed by atoms with Crippen LogP contribution in [-0.4, -0.2) is 27.8 Å². The van der Waals surface area contributed by atoms with Crippen molar-refractivity contribution in [3.8, 4) is 0 Å². The van der Waals surface area contributed by atoms with E-state index in [0.717, 1.165) is 41.0 Å². The first-order valence-electron chi connectivity index (χ1n) is 7.03. The molecule has 0 amide bonds. The molecule has 5 nitrogen and oxygen atoms in total. The van der Waals surface area contributed by atoms with E-state index in [1.54, 1.807) is 0 Å². The van der Waals surface area contributed by atoms with Gasteiger partial charge in [-0.2, -0.15) is 0 Å². The van der Waals surface area contributed by atoms with Crippen LogP contribution in [0.2, 0.25) is 0 Å². The van der Waals surface area contributed by atoms with Gasteiger partial charge in [0.2, 0.25) is 0 Å². The van der Waals surface area contributed by atoms with E-state index in [1.807, 2.05) is 31.5 Å². The predicted molar refractivity (Wildman–Crippen MR) is 88.9 cm³/mol. The average Bonchev–Trinajstić information content (AvgIpc) is 2.52. The predicted octanol–water partition coefficient (Wildman–Crippen LogP) is 3.34. The summed E-state index contributed by atoms with van der Waals surface area (Å²) in [4.78, 5) is 13.2. The fraction of sp³-hybridized carbons (Fsp3) is 0.400. The maximum atomic E-state index is 4.47. The van der Waals surface area contributed by atoms with Gasteiger partial charge < -0.3 is 10.6 Å². The topological polar surface area (TPSA) is 62.7 Å². The molecule has 2 N–H and O–H groups in total. The number of hydrogen-bond donors (Lipinski definition) is 2. The minimum atomic E-state index is 0.700. The molecular formula is C15H21N5S. The highest BCUT2D eigenvalue weighted by atomic mass is 32.2. The molecule has 2 aromatic heterocycles. The summed E-state index contributed by atoms with van der Waals surface area (Å²) in [5, 5.41) is 7.39. The van der Waals surface area contributed by atoms with E-state index in [9.17, 15) is 0 Å². The first kappa shape index (κ1) is 15.6. The van der Waals surface area contributed by atoms with Crippen LogP contribution in [0.4, 0.5) is 11.6 Å². The van der Waals surface area contributed by atoms with Gasteiger partial charge >= 0.3 is 0 Å². The van der Waals surface area contributed by atoms with E-state index < -0.39 is 0 Å². The summed E-state index contributed by atoms with van der Waals surface area (Å²) >= 11 is 1.54. The molecule has 0 unspecified atom stereocenters. The van der Waals surface area contributed by atoms with Crippen LogP contribution in [0.5, 0.6) is 0 Å². The molecule has 0 aliphatic carbocycles. The van der Waals surface area contributed by atoms with E-state index in [1.165, 1.54) is 11.8 Å². The molecule has 0 spiro atoms. The maximum absolute atomic E-state index is 4.47. The number of thioether (sulfide) groups is 1. The van der Waals surface area contributed by atoms with Crippen LogP contribution in [-0.2, 0) is 6.54 Å². The molecule has 2 rings (SSSR count). The molecule has 0 aliphatic heterocycles. The number of nitrogens with zero attached hydrogens (tertiary/aromatic N) is 3. The molecule has 0 saturated heterocycles. The highest BCUT2D eigenvalue weighted by molar-refractivity contribution is 7.98. The van der Waals surface area contributed by atoms with Crippen molar-refractivity contribution >= 4 is 23.4 Å². The second-order valence-electron chi connectivity index (χ2n) is 4.71. The van der Waals surface area contributed by atoms with Gasteiger partial charge in [0.15, 0.2) is 5.16 Å². The van der Waals surface area contributed by atoms with Gasteiger partial charge in [0.05, 0.1) is 0 Å². The number of aromatic nitrogens is 3. The minimum absolute atomic E-state index is 0.700. The van der Waals surface area contributed by atoms with E-state index >= 15 is 0 Å². The summed E-state index contributed by atoms with van der Waals surface area (Å²) in [6.07, 6.45) is 4.93. The Morgan fingerprint density at radius 2 is 1.90 bits per heavy atom. The molecule has 2 aromatic rings. The van der Waals surface area contributed by atoms with Crippen LogP contribution in [0.1, 0.15) is 24.6 Å². The smallest absolute Gasteiger partial charge is 0.191 e. The second kappa shape index (κ2) is 7.83. The number of nitrogens with one attached hydrogen (secondary N) is 2. The van der Waals surface area contributed by atoms with Gasteiger partial charge in [-0.25, -0.2) is 9.97 Å². The number of rotatable bonds is 7. The van der Waals surface area contributed by atoms with Crippen molar-refractivity contribution in [2.24, 2.45) is 0 Å². The van der Waals surface area contributed by atoms with E-state index in [2.05, 4.69) is 38.6 Å². The first-order valence-corrected chi connectivity index (χ1v) is 8.26. The number of hydrogen-bond acceptors (Lipinski definition) is 6. The largest absolute Gasteiger partial charge is 0.370 e. The fourth-order valence-corrected chi connectivity index (χ4v) is 2.13.